The maximum atomic E-state index is 13.3. The molecule has 0 fully saturated rings. The van der Waals surface area contributed by atoms with Crippen molar-refractivity contribution in [2.45, 2.75) is 27.0 Å². The lowest BCUT2D eigenvalue weighted by Gasteiger charge is -2.11. The summed E-state index contributed by atoms with van der Waals surface area (Å²) in [7, 11) is 0. The van der Waals surface area contributed by atoms with Gasteiger partial charge in [-0.2, -0.15) is 4.68 Å². The third-order valence-electron chi connectivity index (χ3n) is 5.37. The van der Waals surface area contributed by atoms with Crippen LogP contribution < -0.4 is 15.6 Å². The fourth-order valence-corrected chi connectivity index (χ4v) is 3.46. The van der Waals surface area contributed by atoms with E-state index in [1.54, 1.807) is 36.4 Å². The zero-order valence-corrected chi connectivity index (χ0v) is 18.9. The molecule has 0 bridgehead atoms. The zero-order chi connectivity index (χ0) is 24.1. The van der Waals surface area contributed by atoms with Gasteiger partial charge < -0.3 is 10.1 Å². The minimum atomic E-state index is -0.350. The van der Waals surface area contributed by atoms with Crippen LogP contribution in [0.2, 0.25) is 0 Å². The Morgan fingerprint density at radius 1 is 1.00 bits per heavy atom. The van der Waals surface area contributed by atoms with Gasteiger partial charge in [-0.25, -0.2) is 4.39 Å². The second kappa shape index (κ2) is 10.1. The zero-order valence-electron chi connectivity index (χ0n) is 18.9. The number of hydrogen-bond donors (Lipinski definition) is 1. The highest BCUT2D eigenvalue weighted by Gasteiger charge is 2.09. The van der Waals surface area contributed by atoms with Gasteiger partial charge >= 0.3 is 0 Å². The van der Waals surface area contributed by atoms with Crippen LogP contribution in [0.1, 0.15) is 32.6 Å². The van der Waals surface area contributed by atoms with E-state index < -0.39 is 0 Å². The van der Waals surface area contributed by atoms with Gasteiger partial charge in [-0.05, 0) is 66.9 Å². The Kier molecular flexibility index (Phi) is 6.82. The van der Waals surface area contributed by atoms with Gasteiger partial charge in [0.15, 0.2) is 0 Å². The molecule has 1 aromatic heterocycles. The molecule has 0 saturated carbocycles. The van der Waals surface area contributed by atoms with Crippen molar-refractivity contribution < 1.29 is 13.9 Å². The van der Waals surface area contributed by atoms with E-state index in [9.17, 15) is 14.0 Å². The summed E-state index contributed by atoms with van der Waals surface area (Å²) in [5.74, 6) is -0.337. The topological polar surface area (TPSA) is 73.2 Å². The first-order valence-corrected chi connectivity index (χ1v) is 10.8. The molecule has 172 valence electrons. The number of carbonyl (C=O) groups is 1. The molecule has 0 unspecified atom stereocenters. The van der Waals surface area contributed by atoms with E-state index in [1.165, 1.54) is 28.9 Å². The molecule has 6 nitrogen and oxygen atoms in total. The summed E-state index contributed by atoms with van der Waals surface area (Å²) in [6, 6.07) is 21.6. The second-order valence-corrected chi connectivity index (χ2v) is 8.00. The lowest BCUT2D eigenvalue weighted by Crippen LogP contribution is -2.24. The third-order valence-corrected chi connectivity index (χ3v) is 5.37. The number of carbonyl (C=O) groups excluding carboxylic acids is 1. The molecule has 0 radical (unpaired) electrons. The molecule has 1 amide bonds. The molecule has 0 aliphatic rings. The summed E-state index contributed by atoms with van der Waals surface area (Å²) in [6.45, 7) is 4.57. The van der Waals surface area contributed by atoms with Gasteiger partial charge in [0, 0.05) is 24.2 Å². The van der Waals surface area contributed by atoms with Crippen molar-refractivity contribution in [3.63, 3.8) is 0 Å². The van der Waals surface area contributed by atoms with Crippen molar-refractivity contribution in [1.29, 1.82) is 0 Å². The van der Waals surface area contributed by atoms with Crippen LogP contribution in [0, 0.1) is 19.7 Å². The average molecular weight is 458 g/mol. The van der Waals surface area contributed by atoms with Gasteiger partial charge in [0.25, 0.3) is 11.5 Å². The number of ether oxygens (including phenoxy) is 1. The normalized spacial score (nSPS) is 10.7. The molecule has 0 spiro atoms. The Balaban J connectivity index is 1.44. The second-order valence-electron chi connectivity index (χ2n) is 8.00. The lowest BCUT2D eigenvalue weighted by atomic mass is 10.1. The highest BCUT2D eigenvalue weighted by atomic mass is 19.1. The number of nitrogens with one attached hydrogen (secondary N) is 1. The molecule has 4 rings (SSSR count). The lowest BCUT2D eigenvalue weighted by molar-refractivity contribution is 0.0951. The van der Waals surface area contributed by atoms with Crippen molar-refractivity contribution in [2.75, 3.05) is 0 Å². The Bertz CT molecular complexity index is 1380. The Hall–Kier alpha value is -4.26. The van der Waals surface area contributed by atoms with Crippen molar-refractivity contribution in [3.05, 3.63) is 123 Å². The van der Waals surface area contributed by atoms with Gasteiger partial charge in [-0.15, -0.1) is 5.10 Å². The highest BCUT2D eigenvalue weighted by Crippen LogP contribution is 2.13. The summed E-state index contributed by atoms with van der Waals surface area (Å²) in [5.41, 5.74) is 4.59. The van der Waals surface area contributed by atoms with Crippen molar-refractivity contribution in [3.8, 4) is 11.6 Å². The molecule has 1 N–H and O–H groups in total. The molecule has 0 aliphatic carbocycles. The number of benzene rings is 3. The minimum absolute atomic E-state index is 0.114. The summed E-state index contributed by atoms with van der Waals surface area (Å²) in [6.07, 6.45) is 0. The number of halogens is 1. The number of rotatable bonds is 7. The molecule has 34 heavy (non-hydrogen) atoms. The maximum Gasteiger partial charge on any atom is 0.271 e. The highest BCUT2D eigenvalue weighted by molar-refractivity contribution is 5.94. The SMILES string of the molecule is Cc1ccc(C)c(CNC(=O)c2ccc(-n3nc(OCc4cccc(F)c4)ccc3=O)cc2)c1. The monoisotopic (exact) mass is 457 g/mol. The van der Waals surface area contributed by atoms with E-state index in [0.717, 1.165) is 16.7 Å². The fourth-order valence-electron chi connectivity index (χ4n) is 3.46. The predicted octanol–water partition coefficient (Wildman–Crippen LogP) is 4.50. The van der Waals surface area contributed by atoms with E-state index >= 15 is 0 Å². The third kappa shape index (κ3) is 5.56. The van der Waals surface area contributed by atoms with E-state index in [2.05, 4.69) is 16.5 Å². The molecule has 0 saturated heterocycles. The first kappa shape index (κ1) is 22.9. The van der Waals surface area contributed by atoms with Crippen LogP contribution in [0.3, 0.4) is 0 Å². The first-order chi connectivity index (χ1) is 16.4. The molecular formula is C27H24FN3O3. The Morgan fingerprint density at radius 3 is 2.56 bits per heavy atom. The number of aromatic nitrogens is 2. The smallest absolute Gasteiger partial charge is 0.271 e. The van der Waals surface area contributed by atoms with Crippen molar-refractivity contribution in [2.24, 2.45) is 0 Å². The molecule has 7 heteroatoms. The quantitative estimate of drug-likeness (QED) is 0.444. The average Bonchev–Trinajstić information content (AvgIpc) is 2.84. The van der Waals surface area contributed by atoms with Gasteiger partial charge in [0.05, 0.1) is 5.69 Å². The van der Waals surface area contributed by atoms with Gasteiger partial charge in [0.2, 0.25) is 5.88 Å². The molecule has 3 aromatic carbocycles. The standard InChI is InChI=1S/C27H24FN3O3/c1-18-6-7-19(2)22(14-18)16-29-27(33)21-8-10-24(11-9-21)31-26(32)13-12-25(30-31)34-17-20-4-3-5-23(28)15-20/h3-15H,16-17H2,1-2H3,(H,29,33). The van der Waals surface area contributed by atoms with Crippen LogP contribution >= 0.6 is 0 Å². The first-order valence-electron chi connectivity index (χ1n) is 10.8. The summed E-state index contributed by atoms with van der Waals surface area (Å²) in [4.78, 5) is 24.9. The van der Waals surface area contributed by atoms with Gasteiger partial charge in [0.1, 0.15) is 12.4 Å². The van der Waals surface area contributed by atoms with E-state index in [1.807, 2.05) is 26.0 Å². The van der Waals surface area contributed by atoms with E-state index in [-0.39, 0.29) is 29.8 Å². The number of aryl methyl sites for hydroxylation is 2. The Labute approximate surface area is 196 Å². The van der Waals surface area contributed by atoms with Crippen LogP contribution in [-0.4, -0.2) is 15.7 Å². The number of hydrogen-bond acceptors (Lipinski definition) is 4. The summed E-state index contributed by atoms with van der Waals surface area (Å²) < 4.78 is 20.2. The molecule has 0 atom stereocenters. The minimum Gasteiger partial charge on any atom is -0.472 e. The molecule has 1 heterocycles. The summed E-state index contributed by atoms with van der Waals surface area (Å²) >= 11 is 0. The molecule has 0 aliphatic heterocycles. The fraction of sp³-hybridized carbons (Fsp3) is 0.148. The van der Waals surface area contributed by atoms with Gasteiger partial charge in [-0.3, -0.25) is 9.59 Å². The van der Waals surface area contributed by atoms with Crippen LogP contribution in [0.5, 0.6) is 5.88 Å². The van der Waals surface area contributed by atoms with E-state index in [0.29, 0.717) is 23.4 Å². The summed E-state index contributed by atoms with van der Waals surface area (Å²) in [5, 5.41) is 7.17. The predicted molar refractivity (Wildman–Crippen MR) is 128 cm³/mol. The van der Waals surface area contributed by atoms with Crippen LogP contribution in [0.15, 0.2) is 83.7 Å². The largest absolute Gasteiger partial charge is 0.472 e. The van der Waals surface area contributed by atoms with Crippen LogP contribution in [-0.2, 0) is 13.2 Å². The Morgan fingerprint density at radius 2 is 1.79 bits per heavy atom. The van der Waals surface area contributed by atoms with Crippen molar-refractivity contribution in [1.82, 2.24) is 15.1 Å². The molecular weight excluding hydrogens is 433 g/mol. The number of nitrogens with zero attached hydrogens (tertiary/aromatic N) is 2. The maximum absolute atomic E-state index is 13.3. The molecule has 4 aromatic rings. The van der Waals surface area contributed by atoms with Crippen LogP contribution in [0.4, 0.5) is 4.39 Å². The van der Waals surface area contributed by atoms with Crippen LogP contribution in [0.25, 0.3) is 5.69 Å². The van der Waals surface area contributed by atoms with Crippen molar-refractivity contribution >= 4 is 5.91 Å². The van der Waals surface area contributed by atoms with E-state index in [4.69, 9.17) is 4.74 Å². The van der Waals surface area contributed by atoms with Gasteiger partial charge in [-0.1, -0.05) is 35.9 Å². The number of amides is 1.